The van der Waals surface area contributed by atoms with Crippen molar-refractivity contribution in [2.45, 2.75) is 31.3 Å². The van der Waals surface area contributed by atoms with Crippen LogP contribution in [-0.2, 0) is 4.79 Å². The Bertz CT molecular complexity index is 276. The maximum atomic E-state index is 11.9. The number of nitrogens with zero attached hydrogens (tertiary/aromatic N) is 2. The van der Waals surface area contributed by atoms with E-state index in [1.807, 2.05) is 7.05 Å². The van der Waals surface area contributed by atoms with Crippen molar-refractivity contribution in [3.05, 3.63) is 0 Å². The molecule has 16 heavy (non-hydrogen) atoms. The van der Waals surface area contributed by atoms with Gasteiger partial charge in [-0.05, 0) is 33.0 Å². The summed E-state index contributed by atoms with van der Waals surface area (Å²) < 4.78 is 0. The first-order valence-corrected chi connectivity index (χ1v) is 5.70. The van der Waals surface area contributed by atoms with Crippen LogP contribution < -0.4 is 5.73 Å². The summed E-state index contributed by atoms with van der Waals surface area (Å²) in [6.07, 6.45) is 7.50. The average Bonchev–Trinajstić information content (AvgIpc) is 2.28. The van der Waals surface area contributed by atoms with Crippen molar-refractivity contribution in [1.82, 2.24) is 9.80 Å². The minimum atomic E-state index is -0.547. The highest BCUT2D eigenvalue weighted by Crippen LogP contribution is 2.14. The van der Waals surface area contributed by atoms with E-state index >= 15 is 0 Å². The van der Waals surface area contributed by atoms with Gasteiger partial charge in [0.15, 0.2) is 0 Å². The van der Waals surface area contributed by atoms with Crippen LogP contribution in [0.5, 0.6) is 0 Å². The molecule has 1 atom stereocenters. The molecule has 0 spiro atoms. The van der Waals surface area contributed by atoms with Crippen molar-refractivity contribution in [1.29, 1.82) is 0 Å². The Labute approximate surface area is 97.8 Å². The molecular formula is C12H21N3O. The molecule has 1 saturated heterocycles. The van der Waals surface area contributed by atoms with Crippen LogP contribution in [0.3, 0.4) is 0 Å². The van der Waals surface area contributed by atoms with Crippen molar-refractivity contribution >= 4 is 5.91 Å². The molecule has 1 unspecified atom stereocenters. The van der Waals surface area contributed by atoms with Gasteiger partial charge < -0.3 is 15.5 Å². The van der Waals surface area contributed by atoms with Crippen molar-refractivity contribution in [2.75, 3.05) is 27.2 Å². The van der Waals surface area contributed by atoms with Gasteiger partial charge in [0.2, 0.25) is 5.91 Å². The summed E-state index contributed by atoms with van der Waals surface area (Å²) in [5, 5.41) is 0. The molecule has 1 fully saturated rings. The number of piperidine rings is 1. The van der Waals surface area contributed by atoms with Crippen LogP contribution in [0.1, 0.15) is 19.3 Å². The predicted octanol–water partition coefficient (Wildman–Crippen LogP) is -0.110. The number of rotatable bonds is 3. The van der Waals surface area contributed by atoms with E-state index in [9.17, 15) is 4.79 Å². The molecule has 1 rings (SSSR count). The number of likely N-dealkylation sites (N-methyl/N-ethyl adjacent to an activating group) is 1. The monoisotopic (exact) mass is 223 g/mol. The lowest BCUT2D eigenvalue weighted by Crippen LogP contribution is -2.49. The first-order chi connectivity index (χ1) is 7.56. The van der Waals surface area contributed by atoms with Gasteiger partial charge in [0, 0.05) is 19.5 Å². The first-order valence-electron chi connectivity index (χ1n) is 5.70. The fourth-order valence-corrected chi connectivity index (χ4v) is 2.04. The van der Waals surface area contributed by atoms with E-state index in [2.05, 4.69) is 17.9 Å². The SMILES string of the molecule is C#CCC(N)C(=O)N(C)C1CCN(C)CC1. The van der Waals surface area contributed by atoms with Crippen molar-refractivity contribution < 1.29 is 4.79 Å². The highest BCUT2D eigenvalue weighted by molar-refractivity contribution is 5.82. The first kappa shape index (κ1) is 13.0. The summed E-state index contributed by atoms with van der Waals surface area (Å²) in [5.41, 5.74) is 5.72. The largest absolute Gasteiger partial charge is 0.341 e. The lowest BCUT2D eigenvalue weighted by molar-refractivity contribution is -0.134. The molecule has 1 amide bonds. The van der Waals surface area contributed by atoms with Gasteiger partial charge >= 0.3 is 0 Å². The lowest BCUT2D eigenvalue weighted by Gasteiger charge is -2.36. The van der Waals surface area contributed by atoms with Gasteiger partial charge in [-0.15, -0.1) is 12.3 Å². The predicted molar refractivity (Wildman–Crippen MR) is 64.7 cm³/mol. The number of nitrogens with two attached hydrogens (primary N) is 1. The van der Waals surface area contributed by atoms with E-state index in [-0.39, 0.29) is 5.91 Å². The van der Waals surface area contributed by atoms with Gasteiger partial charge in [-0.25, -0.2) is 0 Å². The summed E-state index contributed by atoms with van der Waals surface area (Å²) in [6, 6.07) is -0.234. The van der Waals surface area contributed by atoms with Crippen LogP contribution in [0.25, 0.3) is 0 Å². The van der Waals surface area contributed by atoms with Gasteiger partial charge in [0.25, 0.3) is 0 Å². The topological polar surface area (TPSA) is 49.6 Å². The summed E-state index contributed by atoms with van der Waals surface area (Å²) in [7, 11) is 3.93. The molecule has 4 nitrogen and oxygen atoms in total. The molecule has 0 aromatic rings. The Hall–Kier alpha value is -1.05. The number of terminal acetylenes is 1. The second kappa shape index (κ2) is 5.88. The number of likely N-dealkylation sites (tertiary alicyclic amines) is 1. The fourth-order valence-electron chi connectivity index (χ4n) is 2.04. The number of carbonyl (C=O) groups is 1. The number of carbonyl (C=O) groups excluding carboxylic acids is 1. The molecule has 0 bridgehead atoms. The normalized spacial score (nSPS) is 20.1. The molecule has 2 N–H and O–H groups in total. The van der Waals surface area contributed by atoms with Crippen LogP contribution in [0, 0.1) is 12.3 Å². The van der Waals surface area contributed by atoms with Crippen LogP contribution >= 0.6 is 0 Å². The maximum Gasteiger partial charge on any atom is 0.240 e. The molecule has 1 aliphatic rings. The van der Waals surface area contributed by atoms with E-state index in [4.69, 9.17) is 12.2 Å². The smallest absolute Gasteiger partial charge is 0.240 e. The minimum absolute atomic E-state index is 0.0347. The van der Waals surface area contributed by atoms with Gasteiger partial charge in [-0.3, -0.25) is 4.79 Å². The molecular weight excluding hydrogens is 202 g/mol. The Balaban J connectivity index is 2.47. The summed E-state index contributed by atoms with van der Waals surface area (Å²) in [5.74, 6) is 2.40. The quantitative estimate of drug-likeness (QED) is 0.679. The molecule has 4 heteroatoms. The van der Waals surface area contributed by atoms with Crippen molar-refractivity contribution in [3.8, 4) is 12.3 Å². The highest BCUT2D eigenvalue weighted by Gasteiger charge is 2.26. The third-order valence-corrected chi connectivity index (χ3v) is 3.24. The standard InChI is InChI=1S/C12H21N3O/c1-4-5-11(13)12(16)15(3)10-6-8-14(2)9-7-10/h1,10-11H,5-9,13H2,2-3H3. The molecule has 0 aromatic carbocycles. The van der Waals surface area contributed by atoms with Crippen molar-refractivity contribution in [3.63, 3.8) is 0 Å². The molecule has 0 saturated carbocycles. The van der Waals surface area contributed by atoms with Crippen LogP contribution in [0.4, 0.5) is 0 Å². The lowest BCUT2D eigenvalue weighted by atomic mass is 10.0. The summed E-state index contributed by atoms with van der Waals surface area (Å²) in [6.45, 7) is 2.07. The number of hydrogen-bond donors (Lipinski definition) is 1. The Morgan fingerprint density at radius 1 is 1.62 bits per heavy atom. The maximum absolute atomic E-state index is 11.9. The molecule has 1 aliphatic heterocycles. The average molecular weight is 223 g/mol. The molecule has 90 valence electrons. The number of amides is 1. The molecule has 0 aromatic heterocycles. The second-order valence-electron chi connectivity index (χ2n) is 4.50. The van der Waals surface area contributed by atoms with Crippen molar-refractivity contribution in [2.24, 2.45) is 5.73 Å². The fraction of sp³-hybridized carbons (Fsp3) is 0.750. The van der Waals surface area contributed by atoms with E-state index in [0.29, 0.717) is 12.5 Å². The van der Waals surface area contributed by atoms with Gasteiger partial charge in [0.1, 0.15) is 0 Å². The minimum Gasteiger partial charge on any atom is -0.341 e. The van der Waals surface area contributed by atoms with E-state index in [0.717, 1.165) is 25.9 Å². The third-order valence-electron chi connectivity index (χ3n) is 3.24. The molecule has 0 aliphatic carbocycles. The summed E-state index contributed by atoms with van der Waals surface area (Å²) >= 11 is 0. The zero-order valence-corrected chi connectivity index (χ0v) is 10.1. The third kappa shape index (κ3) is 3.22. The Kier molecular flexibility index (Phi) is 4.78. The van der Waals surface area contributed by atoms with Crippen LogP contribution in [0.2, 0.25) is 0 Å². The molecule has 0 radical (unpaired) electrons. The van der Waals surface area contributed by atoms with E-state index in [1.54, 1.807) is 4.90 Å². The van der Waals surface area contributed by atoms with Crippen LogP contribution in [-0.4, -0.2) is 55.0 Å². The van der Waals surface area contributed by atoms with Gasteiger partial charge in [0.05, 0.1) is 6.04 Å². The number of hydrogen-bond acceptors (Lipinski definition) is 3. The Morgan fingerprint density at radius 3 is 2.69 bits per heavy atom. The van der Waals surface area contributed by atoms with E-state index in [1.165, 1.54) is 0 Å². The summed E-state index contributed by atoms with van der Waals surface area (Å²) in [4.78, 5) is 16.0. The van der Waals surface area contributed by atoms with Crippen LogP contribution in [0.15, 0.2) is 0 Å². The zero-order valence-electron chi connectivity index (χ0n) is 10.1. The zero-order chi connectivity index (χ0) is 12.1. The highest BCUT2D eigenvalue weighted by atomic mass is 16.2. The van der Waals surface area contributed by atoms with Gasteiger partial charge in [-0.1, -0.05) is 0 Å². The Morgan fingerprint density at radius 2 is 2.19 bits per heavy atom. The second-order valence-corrected chi connectivity index (χ2v) is 4.50. The van der Waals surface area contributed by atoms with E-state index < -0.39 is 6.04 Å². The van der Waals surface area contributed by atoms with Gasteiger partial charge in [-0.2, -0.15) is 0 Å². The molecule has 1 heterocycles.